The van der Waals surface area contributed by atoms with Crippen LogP contribution in [0.4, 0.5) is 4.39 Å². The van der Waals surface area contributed by atoms with Gasteiger partial charge in [0.1, 0.15) is 0 Å². The van der Waals surface area contributed by atoms with Gasteiger partial charge in [-0.1, -0.05) is 124 Å². The van der Waals surface area contributed by atoms with Crippen molar-refractivity contribution in [2.24, 2.45) is 0 Å². The lowest BCUT2D eigenvalue weighted by Gasteiger charge is -2.28. The molecule has 0 heterocycles. The molecule has 0 saturated carbocycles. The van der Waals surface area contributed by atoms with Gasteiger partial charge < -0.3 is 8.85 Å². The molecule has 2 nitrogen and oxygen atoms in total. The number of unbranched alkanes of at least 4 members (excludes halogenated alkanes) is 15. The molecule has 0 amide bonds. The van der Waals surface area contributed by atoms with Crippen LogP contribution in [0.3, 0.4) is 0 Å². The van der Waals surface area contributed by atoms with Crippen molar-refractivity contribution in [3.8, 4) is 0 Å². The fourth-order valence-corrected chi connectivity index (χ4v) is 7.00. The van der Waals surface area contributed by atoms with Gasteiger partial charge in [-0.2, -0.15) is 0 Å². The minimum absolute atomic E-state index is 0.128. The van der Waals surface area contributed by atoms with Crippen LogP contribution < -0.4 is 0 Å². The molecule has 0 fully saturated rings. The van der Waals surface area contributed by atoms with Gasteiger partial charge in [0, 0.05) is 13.2 Å². The van der Waals surface area contributed by atoms with E-state index in [0.29, 0.717) is 0 Å². The van der Waals surface area contributed by atoms with Crippen molar-refractivity contribution in [3.63, 3.8) is 0 Å². The zero-order chi connectivity index (χ0) is 23.5. The summed E-state index contributed by atoms with van der Waals surface area (Å²) in [6.45, 7) is 12.4. The van der Waals surface area contributed by atoms with E-state index in [1.165, 1.54) is 102 Å². The van der Waals surface area contributed by atoms with Crippen LogP contribution in [0, 0.1) is 0 Å². The number of halogens is 1. The Morgan fingerprint density at radius 2 is 0.839 bits per heavy atom. The molecule has 0 spiro atoms. The van der Waals surface area contributed by atoms with Crippen molar-refractivity contribution >= 4 is 8.56 Å². The van der Waals surface area contributed by atoms with Crippen molar-refractivity contribution in [1.29, 1.82) is 0 Å². The molecule has 0 aromatic rings. The zero-order valence-electron chi connectivity index (χ0n) is 22.3. The molecule has 0 atom stereocenters. The number of rotatable bonds is 23. The molecule has 190 valence electrons. The molecule has 0 aliphatic carbocycles. The van der Waals surface area contributed by atoms with Gasteiger partial charge in [-0.15, -0.1) is 0 Å². The molecule has 0 saturated heterocycles. The topological polar surface area (TPSA) is 18.5 Å². The van der Waals surface area contributed by atoms with E-state index in [-0.39, 0.29) is 6.67 Å². The molecule has 31 heavy (non-hydrogen) atoms. The first-order valence-electron chi connectivity index (χ1n) is 14.0. The molecular weight excluding hydrogens is 403 g/mol. The molecule has 0 aromatic heterocycles. The quantitative estimate of drug-likeness (QED) is 0.111. The van der Waals surface area contributed by atoms with E-state index in [2.05, 4.69) is 34.6 Å². The van der Waals surface area contributed by atoms with Gasteiger partial charge in [0.05, 0.1) is 6.67 Å². The molecule has 0 aromatic carbocycles. The third-order valence-corrected chi connectivity index (χ3v) is 9.82. The van der Waals surface area contributed by atoms with Crippen molar-refractivity contribution in [2.45, 2.75) is 156 Å². The molecule has 0 aliphatic rings. The van der Waals surface area contributed by atoms with Gasteiger partial charge in [-0.05, 0) is 32.4 Å². The van der Waals surface area contributed by atoms with E-state index in [0.717, 1.165) is 32.1 Å². The van der Waals surface area contributed by atoms with E-state index >= 15 is 0 Å². The Hall–Kier alpha value is 0.0669. The Morgan fingerprint density at radius 1 is 0.484 bits per heavy atom. The minimum Gasteiger partial charge on any atom is -0.394 e. The summed E-state index contributed by atoms with van der Waals surface area (Å²) in [7, 11) is -1.84. The molecule has 0 rings (SSSR count). The van der Waals surface area contributed by atoms with Gasteiger partial charge in [0.2, 0.25) is 0 Å². The Balaban J connectivity index is 0. The van der Waals surface area contributed by atoms with E-state index in [4.69, 9.17) is 8.85 Å². The van der Waals surface area contributed by atoms with E-state index in [1.807, 2.05) is 0 Å². The van der Waals surface area contributed by atoms with Crippen LogP contribution in [-0.4, -0.2) is 28.4 Å². The normalized spacial score (nSPS) is 11.4. The van der Waals surface area contributed by atoms with Crippen LogP contribution in [-0.2, 0) is 8.85 Å². The third-order valence-electron chi connectivity index (χ3n) is 6.00. The first kappa shape index (κ1) is 33.2. The maximum absolute atomic E-state index is 11.7. The molecular formula is C27H59FO2Si. The summed E-state index contributed by atoms with van der Waals surface area (Å²) in [5.74, 6) is 0. The van der Waals surface area contributed by atoms with Crippen molar-refractivity contribution < 1.29 is 13.2 Å². The summed E-state index contributed by atoms with van der Waals surface area (Å²) >= 11 is 0. The summed E-state index contributed by atoms with van der Waals surface area (Å²) in [5, 5.41) is 0. The maximum atomic E-state index is 11.7. The Labute approximate surface area is 197 Å². The summed E-state index contributed by atoms with van der Waals surface area (Å²) in [4.78, 5) is 0. The van der Waals surface area contributed by atoms with Crippen LogP contribution >= 0.6 is 0 Å². The number of hydrogen-bond acceptors (Lipinski definition) is 2. The molecule has 0 aliphatic heterocycles. The summed E-state index contributed by atoms with van der Waals surface area (Å²) in [5.41, 5.74) is 0. The molecule has 0 bridgehead atoms. The van der Waals surface area contributed by atoms with Crippen molar-refractivity contribution in [2.75, 3.05) is 19.9 Å². The highest BCUT2D eigenvalue weighted by atomic mass is 28.4. The van der Waals surface area contributed by atoms with Crippen LogP contribution in [0.5, 0.6) is 0 Å². The first-order valence-corrected chi connectivity index (χ1v) is 16.2. The second-order valence-corrected chi connectivity index (χ2v) is 12.5. The summed E-state index contributed by atoms with van der Waals surface area (Å²) in [6.07, 6.45) is 22.2. The summed E-state index contributed by atoms with van der Waals surface area (Å²) in [6, 6.07) is 2.26. The average molecular weight is 463 g/mol. The van der Waals surface area contributed by atoms with E-state index in [1.54, 1.807) is 0 Å². The Bertz CT molecular complexity index is 298. The molecule has 4 heteroatoms. The SMILES string of the molecule is CCCCCCCCCCCCCF.CCCCCCCC[Si](CC)(OCC)OCC. The second-order valence-electron chi connectivity index (χ2n) is 8.87. The monoisotopic (exact) mass is 462 g/mol. The predicted molar refractivity (Wildman–Crippen MR) is 140 cm³/mol. The standard InChI is InChI=1S/C14H32O2Si.C13H27F/c1-5-9-10-11-12-13-14-17(8-4,15-6-2)16-7-3;1-2-3-4-5-6-7-8-9-10-11-12-13-14/h5-14H2,1-4H3;2-13H2,1H3. The van der Waals surface area contributed by atoms with Crippen LogP contribution in [0.15, 0.2) is 0 Å². The predicted octanol–water partition coefficient (Wildman–Crippen LogP) is 10.1. The lowest BCUT2D eigenvalue weighted by Crippen LogP contribution is -2.41. The third kappa shape index (κ3) is 24.5. The molecule has 0 radical (unpaired) electrons. The first-order chi connectivity index (χ1) is 15.2. The van der Waals surface area contributed by atoms with Gasteiger partial charge in [0.25, 0.3) is 0 Å². The van der Waals surface area contributed by atoms with Crippen LogP contribution in [0.2, 0.25) is 12.1 Å². The smallest absolute Gasteiger partial charge is 0.337 e. The average Bonchev–Trinajstić information content (AvgIpc) is 2.78. The van der Waals surface area contributed by atoms with Crippen molar-refractivity contribution in [1.82, 2.24) is 0 Å². The number of alkyl halides is 1. The lowest BCUT2D eigenvalue weighted by atomic mass is 10.1. The van der Waals surface area contributed by atoms with Crippen LogP contribution in [0.1, 0.15) is 144 Å². The van der Waals surface area contributed by atoms with E-state index < -0.39 is 8.56 Å². The fraction of sp³-hybridized carbons (Fsp3) is 1.00. The van der Waals surface area contributed by atoms with Crippen molar-refractivity contribution in [3.05, 3.63) is 0 Å². The fourth-order valence-electron chi connectivity index (χ4n) is 4.03. The highest BCUT2D eigenvalue weighted by Gasteiger charge is 2.33. The summed E-state index contributed by atoms with van der Waals surface area (Å²) < 4.78 is 23.7. The maximum Gasteiger partial charge on any atom is 0.337 e. The molecule has 0 N–H and O–H groups in total. The van der Waals surface area contributed by atoms with Crippen LogP contribution in [0.25, 0.3) is 0 Å². The Morgan fingerprint density at radius 3 is 1.16 bits per heavy atom. The lowest BCUT2D eigenvalue weighted by molar-refractivity contribution is 0.182. The van der Waals surface area contributed by atoms with Gasteiger partial charge >= 0.3 is 8.56 Å². The second kappa shape index (κ2) is 28.1. The number of hydrogen-bond donors (Lipinski definition) is 0. The van der Waals surface area contributed by atoms with Gasteiger partial charge in [-0.25, -0.2) is 0 Å². The highest BCUT2D eigenvalue weighted by molar-refractivity contribution is 6.67. The largest absolute Gasteiger partial charge is 0.394 e. The highest BCUT2D eigenvalue weighted by Crippen LogP contribution is 2.23. The zero-order valence-corrected chi connectivity index (χ0v) is 23.3. The van der Waals surface area contributed by atoms with E-state index in [9.17, 15) is 4.39 Å². The minimum atomic E-state index is -1.84. The van der Waals surface area contributed by atoms with Gasteiger partial charge in [-0.3, -0.25) is 4.39 Å². The molecule has 0 unspecified atom stereocenters. The Kier molecular flexibility index (Phi) is 30.1. The van der Waals surface area contributed by atoms with Gasteiger partial charge in [0.15, 0.2) is 0 Å².